The van der Waals surface area contributed by atoms with Crippen molar-refractivity contribution in [2.75, 3.05) is 32.1 Å². The Morgan fingerprint density at radius 2 is 1.80 bits per heavy atom. The maximum Gasteiger partial charge on any atom is 0.255 e. The predicted molar refractivity (Wildman–Crippen MR) is 116 cm³/mol. The molecule has 0 bridgehead atoms. The molecule has 0 aromatic heterocycles. The molecule has 162 valence electrons. The molecule has 8 heteroatoms. The monoisotopic (exact) mass is 432 g/mol. The lowest BCUT2D eigenvalue weighted by Gasteiger charge is -2.26. The summed E-state index contributed by atoms with van der Waals surface area (Å²) in [5, 5.41) is 2.79. The van der Waals surface area contributed by atoms with Crippen molar-refractivity contribution in [1.29, 1.82) is 0 Å². The minimum atomic E-state index is -3.59. The fourth-order valence-corrected chi connectivity index (χ4v) is 5.25. The van der Waals surface area contributed by atoms with E-state index in [1.165, 1.54) is 17.5 Å². The first kappa shape index (κ1) is 22.1. The predicted octanol–water partition coefficient (Wildman–Crippen LogP) is 3.83. The van der Waals surface area contributed by atoms with Gasteiger partial charge in [0.25, 0.3) is 5.91 Å². The van der Waals surface area contributed by atoms with Gasteiger partial charge in [0.15, 0.2) is 11.5 Å². The van der Waals surface area contributed by atoms with Crippen LogP contribution in [0.25, 0.3) is 0 Å². The summed E-state index contributed by atoms with van der Waals surface area (Å²) in [6, 6.07) is 9.86. The number of carbonyl (C=O) groups excluding carboxylic acids is 1. The SMILES string of the molecule is CCOc1ccc(C(=O)Nc2ccc(C)c(S(=O)(=O)N3CCCCC3)c2)cc1OC. The molecule has 0 saturated carbocycles. The number of nitrogens with zero attached hydrogens (tertiary/aromatic N) is 1. The molecular formula is C22H28N2O5S. The van der Waals surface area contributed by atoms with Gasteiger partial charge in [-0.25, -0.2) is 8.42 Å². The number of rotatable bonds is 7. The number of ether oxygens (including phenoxy) is 2. The number of methoxy groups -OCH3 is 1. The number of hydrogen-bond acceptors (Lipinski definition) is 5. The summed E-state index contributed by atoms with van der Waals surface area (Å²) in [7, 11) is -2.08. The van der Waals surface area contributed by atoms with Crippen LogP contribution in [-0.4, -0.2) is 45.4 Å². The number of amides is 1. The number of anilines is 1. The number of hydrogen-bond donors (Lipinski definition) is 1. The molecule has 1 heterocycles. The topological polar surface area (TPSA) is 84.9 Å². The zero-order chi connectivity index (χ0) is 21.7. The first-order valence-corrected chi connectivity index (χ1v) is 11.5. The smallest absolute Gasteiger partial charge is 0.255 e. The fraction of sp³-hybridized carbons (Fsp3) is 0.409. The third-order valence-corrected chi connectivity index (χ3v) is 7.15. The van der Waals surface area contributed by atoms with Crippen molar-refractivity contribution in [3.05, 3.63) is 47.5 Å². The van der Waals surface area contributed by atoms with Gasteiger partial charge >= 0.3 is 0 Å². The number of carbonyl (C=O) groups is 1. The van der Waals surface area contributed by atoms with Gasteiger partial charge in [-0.3, -0.25) is 4.79 Å². The molecule has 0 spiro atoms. The second-order valence-corrected chi connectivity index (χ2v) is 9.10. The molecule has 3 rings (SSSR count). The third-order valence-electron chi connectivity index (χ3n) is 5.10. The van der Waals surface area contributed by atoms with E-state index in [0.29, 0.717) is 48.0 Å². The molecule has 0 atom stereocenters. The van der Waals surface area contributed by atoms with Crippen LogP contribution in [0.4, 0.5) is 5.69 Å². The summed E-state index contributed by atoms with van der Waals surface area (Å²) >= 11 is 0. The van der Waals surface area contributed by atoms with E-state index in [2.05, 4.69) is 5.32 Å². The molecule has 1 N–H and O–H groups in total. The van der Waals surface area contributed by atoms with Crippen LogP contribution in [-0.2, 0) is 10.0 Å². The van der Waals surface area contributed by atoms with Gasteiger partial charge in [0.05, 0.1) is 18.6 Å². The molecular weight excluding hydrogens is 404 g/mol. The summed E-state index contributed by atoms with van der Waals surface area (Å²) in [4.78, 5) is 13.0. The van der Waals surface area contributed by atoms with Gasteiger partial charge in [0, 0.05) is 24.3 Å². The minimum absolute atomic E-state index is 0.228. The fourth-order valence-electron chi connectivity index (χ4n) is 3.49. The molecule has 0 radical (unpaired) electrons. The molecule has 0 aliphatic carbocycles. The highest BCUT2D eigenvalue weighted by Crippen LogP contribution is 2.29. The average Bonchev–Trinajstić information content (AvgIpc) is 2.76. The van der Waals surface area contributed by atoms with Gasteiger partial charge in [-0.2, -0.15) is 4.31 Å². The molecule has 1 amide bonds. The molecule has 1 aliphatic rings. The molecule has 7 nitrogen and oxygen atoms in total. The van der Waals surface area contributed by atoms with Crippen molar-refractivity contribution in [3.63, 3.8) is 0 Å². The van der Waals surface area contributed by atoms with E-state index in [4.69, 9.17) is 9.47 Å². The second-order valence-electron chi connectivity index (χ2n) is 7.20. The first-order chi connectivity index (χ1) is 14.4. The summed E-state index contributed by atoms with van der Waals surface area (Å²) in [6.07, 6.45) is 2.79. The molecule has 1 fully saturated rings. The summed E-state index contributed by atoms with van der Waals surface area (Å²) in [5.74, 6) is 0.657. The maximum atomic E-state index is 13.1. The van der Waals surface area contributed by atoms with E-state index in [9.17, 15) is 13.2 Å². The van der Waals surface area contributed by atoms with Crippen molar-refractivity contribution >= 4 is 21.6 Å². The van der Waals surface area contributed by atoms with Gasteiger partial charge in [0.2, 0.25) is 10.0 Å². The standard InChI is InChI=1S/C22H28N2O5S/c1-4-29-19-11-9-17(14-20(19)28-3)22(25)23-18-10-8-16(2)21(15-18)30(26,27)24-12-6-5-7-13-24/h8-11,14-15H,4-7,12-13H2,1-3H3,(H,23,25). The molecule has 0 unspecified atom stereocenters. The summed E-state index contributed by atoms with van der Waals surface area (Å²) in [6.45, 7) is 5.18. The van der Waals surface area contributed by atoms with Crippen molar-refractivity contribution in [2.24, 2.45) is 0 Å². The number of nitrogens with one attached hydrogen (secondary N) is 1. The third kappa shape index (κ3) is 4.76. The van der Waals surface area contributed by atoms with Gasteiger partial charge < -0.3 is 14.8 Å². The maximum absolute atomic E-state index is 13.1. The highest BCUT2D eigenvalue weighted by molar-refractivity contribution is 7.89. The lowest BCUT2D eigenvalue weighted by molar-refractivity contribution is 0.102. The number of sulfonamides is 1. The van der Waals surface area contributed by atoms with E-state index in [1.807, 2.05) is 6.92 Å². The Balaban J connectivity index is 1.84. The van der Waals surface area contributed by atoms with E-state index in [1.54, 1.807) is 37.3 Å². The molecule has 1 aliphatic heterocycles. The van der Waals surface area contributed by atoms with Crippen molar-refractivity contribution < 1.29 is 22.7 Å². The number of benzene rings is 2. The quantitative estimate of drug-likeness (QED) is 0.719. The summed E-state index contributed by atoms with van der Waals surface area (Å²) < 4.78 is 38.5. The molecule has 2 aromatic carbocycles. The van der Waals surface area contributed by atoms with Gasteiger partial charge in [-0.05, 0) is 62.6 Å². The Morgan fingerprint density at radius 1 is 1.07 bits per heavy atom. The Labute approximate surface area is 178 Å². The number of piperidine rings is 1. The lowest BCUT2D eigenvalue weighted by Crippen LogP contribution is -2.36. The van der Waals surface area contributed by atoms with Crippen LogP contribution in [0.1, 0.15) is 42.1 Å². The largest absolute Gasteiger partial charge is 0.493 e. The van der Waals surface area contributed by atoms with Crippen LogP contribution in [0.3, 0.4) is 0 Å². The zero-order valence-electron chi connectivity index (χ0n) is 17.6. The van der Waals surface area contributed by atoms with E-state index < -0.39 is 10.0 Å². The zero-order valence-corrected chi connectivity index (χ0v) is 18.4. The van der Waals surface area contributed by atoms with Crippen LogP contribution < -0.4 is 14.8 Å². The van der Waals surface area contributed by atoms with Crippen molar-refractivity contribution in [2.45, 2.75) is 38.0 Å². The van der Waals surface area contributed by atoms with Crippen LogP contribution in [0.15, 0.2) is 41.3 Å². The van der Waals surface area contributed by atoms with Gasteiger partial charge in [0.1, 0.15) is 0 Å². The van der Waals surface area contributed by atoms with Crippen molar-refractivity contribution in [1.82, 2.24) is 4.31 Å². The lowest BCUT2D eigenvalue weighted by atomic mass is 10.1. The molecule has 30 heavy (non-hydrogen) atoms. The highest BCUT2D eigenvalue weighted by atomic mass is 32.2. The summed E-state index contributed by atoms with van der Waals surface area (Å²) in [5.41, 5.74) is 1.46. The Morgan fingerprint density at radius 3 is 2.47 bits per heavy atom. The van der Waals surface area contributed by atoms with E-state index in [0.717, 1.165) is 19.3 Å². The first-order valence-electron chi connectivity index (χ1n) is 10.1. The normalized spacial score (nSPS) is 14.9. The van der Waals surface area contributed by atoms with E-state index in [-0.39, 0.29) is 10.8 Å². The number of aryl methyl sites for hydroxylation is 1. The minimum Gasteiger partial charge on any atom is -0.493 e. The van der Waals surface area contributed by atoms with Crippen LogP contribution in [0.5, 0.6) is 11.5 Å². The second kappa shape index (κ2) is 9.49. The van der Waals surface area contributed by atoms with Crippen LogP contribution in [0, 0.1) is 6.92 Å². The van der Waals surface area contributed by atoms with E-state index >= 15 is 0 Å². The molecule has 1 saturated heterocycles. The Hall–Kier alpha value is -2.58. The van der Waals surface area contributed by atoms with Crippen LogP contribution >= 0.6 is 0 Å². The average molecular weight is 433 g/mol. The van der Waals surface area contributed by atoms with Gasteiger partial charge in [-0.1, -0.05) is 12.5 Å². The Bertz CT molecular complexity index is 1010. The molecule has 2 aromatic rings. The van der Waals surface area contributed by atoms with Gasteiger partial charge in [-0.15, -0.1) is 0 Å². The Kier molecular flexibility index (Phi) is 6.99. The highest BCUT2D eigenvalue weighted by Gasteiger charge is 2.27. The van der Waals surface area contributed by atoms with Crippen molar-refractivity contribution in [3.8, 4) is 11.5 Å². The van der Waals surface area contributed by atoms with Crippen LogP contribution in [0.2, 0.25) is 0 Å².